The van der Waals surface area contributed by atoms with Gasteiger partial charge in [0.05, 0.1) is 63.3 Å². The number of aromatic nitrogens is 24. The van der Waals surface area contributed by atoms with Gasteiger partial charge in [-0.2, -0.15) is 0 Å². The Balaban J connectivity index is 0.000000129. The number of carbonyl (C=O) groups is 1. The number of imidazole rings is 5. The van der Waals surface area contributed by atoms with Crippen molar-refractivity contribution < 1.29 is 14.3 Å². The molecule has 15 heterocycles. The third kappa shape index (κ3) is 22.7. The summed E-state index contributed by atoms with van der Waals surface area (Å²) in [6, 6.07) is 45.6. The molecule has 5 aromatic carbocycles. The van der Waals surface area contributed by atoms with Crippen LogP contribution < -0.4 is 61.0 Å². The molecule has 0 bridgehead atoms. The molecule has 1 aliphatic carbocycles. The molecule has 0 atom stereocenters. The number of hydrogen-bond donors (Lipinski definition) is 1. The highest BCUT2D eigenvalue weighted by atomic mass is 32.1. The lowest BCUT2D eigenvalue weighted by Gasteiger charge is -2.26. The van der Waals surface area contributed by atoms with E-state index in [4.69, 9.17) is 70.6 Å². The highest BCUT2D eigenvalue weighted by Crippen LogP contribution is 2.32. The van der Waals surface area contributed by atoms with Gasteiger partial charge in [-0.3, -0.25) is 92.8 Å². The van der Waals surface area contributed by atoms with Crippen molar-refractivity contribution in [3.8, 4) is 5.75 Å². The monoisotopic (exact) mass is 2080 g/mol. The number of nitrogens with zero attached hydrogens (tertiary/aromatic N) is 27. The molecule has 2 fully saturated rings. The predicted molar refractivity (Wildman–Crippen MR) is 582 cm³/mol. The second kappa shape index (κ2) is 45.7. The van der Waals surface area contributed by atoms with Crippen LogP contribution >= 0.6 is 61.1 Å². The van der Waals surface area contributed by atoms with Gasteiger partial charge in [0.2, 0.25) is 0 Å². The summed E-state index contributed by atoms with van der Waals surface area (Å²) in [5.74, 6) is 3.03. The summed E-state index contributed by atoms with van der Waals surface area (Å²) in [5.41, 5.74) is 13.4. The summed E-state index contributed by atoms with van der Waals surface area (Å²) >= 11 is 26.8. The number of nitrogens with one attached hydrogen (secondary N) is 1. The number of amidine groups is 1. The fourth-order valence-corrected chi connectivity index (χ4v) is 18.5. The molecule has 0 amide bonds. The molecular weight excluding hydrogens is 1970 g/mol. The SMILES string of the molecule is COc1ccc(CC2=Nc3c(c(=O)n(C)c(=O)n3C)C2)cc1.Cc1cccc(CN=C2Cc3c(n(C)c(=O)n(C)c3=O)N2)c1.Cn1c(=S)c2c(ncn2C(=O)/C=C/c2ccccc2)n(C)c1=O.Cn1c(=S)c2c(ncn2C/C=C/c2ccccc2)n(C)c1=O.Cn1c(=S)c2c(ncn2CC2CC2)n(C)c1=O.Cn1c(=S)c2c(ncn2CCN2CCOCC2)n(C)c1=O.Cn1c(=S)c2c(ncn2Cc2ccccc2)n(C)c1=O. The van der Waals surface area contributed by atoms with E-state index >= 15 is 0 Å². The van der Waals surface area contributed by atoms with Gasteiger partial charge in [-0.25, -0.2) is 63.5 Å². The Morgan fingerprint density at radius 2 is 0.878 bits per heavy atom. The number of ether oxygens (including phenoxy) is 2. The zero-order valence-corrected chi connectivity index (χ0v) is 88.3. The molecule has 40 nitrogen and oxygen atoms in total. The second-order valence-corrected chi connectivity index (χ2v) is 37.8. The van der Waals surface area contributed by atoms with E-state index < -0.39 is 0 Å². The first-order valence-corrected chi connectivity index (χ1v) is 48.9. The van der Waals surface area contributed by atoms with Crippen molar-refractivity contribution >= 4 is 158 Å². The van der Waals surface area contributed by atoms with Gasteiger partial charge in [0.15, 0.2) is 28.2 Å². The van der Waals surface area contributed by atoms with Gasteiger partial charge in [0, 0.05) is 176 Å². The highest BCUT2D eigenvalue weighted by molar-refractivity contribution is 7.72. The number of methoxy groups -OCH3 is 1. The zero-order chi connectivity index (χ0) is 105. The van der Waals surface area contributed by atoms with Crippen molar-refractivity contribution in [2.75, 3.05) is 45.3 Å². The lowest BCUT2D eigenvalue weighted by molar-refractivity contribution is 0.0365. The number of aryl methyl sites for hydroxylation is 6. The Bertz CT molecular complexity index is 9040. The summed E-state index contributed by atoms with van der Waals surface area (Å²) in [6.07, 6.45) is 19.8. The third-order valence-electron chi connectivity index (χ3n) is 25.8. The molecule has 45 heteroatoms. The van der Waals surface area contributed by atoms with Crippen molar-refractivity contribution in [2.45, 2.75) is 71.8 Å². The minimum Gasteiger partial charge on any atom is -0.497 e. The van der Waals surface area contributed by atoms with Crippen molar-refractivity contribution in [2.24, 2.45) is 115 Å². The van der Waals surface area contributed by atoms with Gasteiger partial charge in [-0.05, 0) is 71.7 Å². The standard InChI is InChI=1S/C16H14N4O2S.C16H18N4O2.C16H16N4OS.C16H17N3O3.C14H14N4OS.C13H19N5O2S.C11H14N4OS/c1-18-14-13(15(23)19(2)16(18)22)20(10-17-14)12(21)9-8-11-6-4-3-5-7-11;1-10-5-4-6-11(7-10)9-17-13-8-12-14(18-13)19(2)16(22)20(3)15(12)21;1-18-14-13(15(22)19(2)16(18)21)20(11-17-14)10-6-9-12-7-4-3-5-8-12;1-18-14-13(15(20)19(2)16(18)21)9-11(17-14)8-10-4-6-12(22-3)7-5-10;1-16-12-11(13(20)17(2)14(16)19)18(9-15-12)8-10-6-4-3-5-7-10;1-15-11-10(12(21)16(2)13(15)19)18(9-14-11)4-3-17-5-7-20-8-6-17;1-13-9-8(10(17)14(2)11(13)16)15(6-12-9)5-7-3-4-7/h3-10H,1-2H3;4-7H,8-9H2,1-3H3,(H,17,18);3-9,11H,10H2,1-2H3;4-7H,8-9H2,1-3H3;3-7,9H,8H2,1-2H3;9H,3-8H2,1-2H3;6-7H,3-5H2,1-2H3/b9-8+;;9-6+;;;;. The summed E-state index contributed by atoms with van der Waals surface area (Å²) < 4.78 is 42.2. The molecule has 0 spiro atoms. The van der Waals surface area contributed by atoms with E-state index in [1.165, 1.54) is 99.7 Å². The Hall–Kier alpha value is -15.7. The number of fused-ring (bicyclic) bond motifs is 7. The number of benzene rings is 5. The van der Waals surface area contributed by atoms with Crippen molar-refractivity contribution in [1.82, 2.24) is 117 Å². The zero-order valence-electron chi connectivity index (χ0n) is 84.2. The average molecular weight is 2080 g/mol. The van der Waals surface area contributed by atoms with Gasteiger partial charge < -0.3 is 33.1 Å². The molecule has 1 saturated heterocycles. The van der Waals surface area contributed by atoms with E-state index in [0.717, 1.165) is 128 Å². The smallest absolute Gasteiger partial charge is 0.332 e. The number of aliphatic imine (C=N–C) groups is 2. The van der Waals surface area contributed by atoms with Gasteiger partial charge in [-0.15, -0.1) is 0 Å². The van der Waals surface area contributed by atoms with Crippen molar-refractivity contribution in [1.29, 1.82) is 0 Å². The van der Waals surface area contributed by atoms with Gasteiger partial charge in [-0.1, -0.05) is 206 Å². The molecule has 147 heavy (non-hydrogen) atoms. The van der Waals surface area contributed by atoms with Gasteiger partial charge >= 0.3 is 39.8 Å². The van der Waals surface area contributed by atoms with Crippen LogP contribution in [0, 0.1) is 36.0 Å². The fourth-order valence-electron chi connectivity index (χ4n) is 17.1. The number of hydrogen-bond acceptors (Lipinski definition) is 25. The molecule has 17 aromatic rings. The van der Waals surface area contributed by atoms with Crippen LogP contribution in [0.1, 0.15) is 62.1 Å². The van der Waals surface area contributed by atoms with Crippen LogP contribution in [0.2, 0.25) is 0 Å². The van der Waals surface area contributed by atoms with Gasteiger partial charge in [0.25, 0.3) is 17.0 Å². The van der Waals surface area contributed by atoms with Crippen LogP contribution in [0.25, 0.3) is 68.0 Å². The van der Waals surface area contributed by atoms with Crippen LogP contribution in [0.4, 0.5) is 11.6 Å². The molecule has 0 radical (unpaired) electrons. The first-order chi connectivity index (χ1) is 70.3. The Morgan fingerprint density at radius 1 is 0.442 bits per heavy atom. The van der Waals surface area contributed by atoms with Crippen LogP contribution in [0.15, 0.2) is 236 Å². The third-order valence-corrected chi connectivity index (χ3v) is 28.2. The van der Waals surface area contributed by atoms with E-state index in [-0.39, 0.29) is 61.5 Å². The predicted octanol–water partition coefficient (Wildman–Crippen LogP) is 9.80. The summed E-state index contributed by atoms with van der Waals surface area (Å²) in [5, 5.41) is 3.10. The van der Waals surface area contributed by atoms with Crippen LogP contribution in [-0.2, 0) is 155 Å². The van der Waals surface area contributed by atoms with E-state index in [1.54, 1.807) is 128 Å². The highest BCUT2D eigenvalue weighted by Gasteiger charge is 2.28. The van der Waals surface area contributed by atoms with E-state index in [1.807, 2.05) is 142 Å². The molecule has 4 aliphatic rings. The Kier molecular flexibility index (Phi) is 32.9. The van der Waals surface area contributed by atoms with Crippen LogP contribution in [-0.4, -0.2) is 174 Å². The quantitative estimate of drug-likeness (QED) is 0.0654. The molecule has 1 N–H and O–H groups in total. The van der Waals surface area contributed by atoms with Crippen LogP contribution in [0.3, 0.4) is 0 Å². The average Bonchev–Trinajstić information content (AvgIpc) is 1.62. The molecule has 0 unspecified atom stereocenters. The molecule has 12 aromatic heterocycles. The fraction of sp³-hybridized carbons (Fsp3) is 0.314. The lowest BCUT2D eigenvalue weighted by Crippen LogP contribution is -2.38. The molecular formula is C102H112N28O12S5. The summed E-state index contributed by atoms with van der Waals surface area (Å²) in [6.45, 7) is 10.1. The number of anilines is 1. The molecule has 762 valence electrons. The minimum atomic E-state index is -0.349. The number of rotatable bonds is 17. The van der Waals surface area contributed by atoms with Crippen molar-refractivity contribution in [3.63, 3.8) is 0 Å². The van der Waals surface area contributed by atoms with E-state index in [2.05, 4.69) is 80.0 Å². The Morgan fingerprint density at radius 3 is 1.39 bits per heavy atom. The maximum absolute atomic E-state index is 12.4. The Labute approximate surface area is 865 Å². The number of morpholine rings is 1. The second-order valence-electron chi connectivity index (χ2n) is 35.9. The maximum atomic E-state index is 12.4. The normalized spacial score (nSPS) is 13.4. The molecule has 21 rings (SSSR count). The van der Waals surface area contributed by atoms with Crippen molar-refractivity contribution in [3.05, 3.63) is 345 Å². The minimum absolute atomic E-state index is 0.126. The molecule has 3 aliphatic heterocycles. The maximum Gasteiger partial charge on any atom is 0.332 e. The van der Waals surface area contributed by atoms with Gasteiger partial charge in [0.1, 0.15) is 80.3 Å². The first-order valence-electron chi connectivity index (χ1n) is 46.9. The van der Waals surface area contributed by atoms with E-state index in [9.17, 15) is 47.9 Å². The largest absolute Gasteiger partial charge is 0.497 e. The summed E-state index contributed by atoms with van der Waals surface area (Å²) in [7, 11) is 24.7. The number of allylic oxidation sites excluding steroid dienone is 2. The molecule has 1 saturated carbocycles. The first kappa shape index (κ1) is 106. The summed E-state index contributed by atoms with van der Waals surface area (Å²) in [4.78, 5) is 153. The lowest BCUT2D eigenvalue weighted by atomic mass is 10.0. The number of carbonyl (C=O) groups excluding carboxylic acids is 1. The van der Waals surface area contributed by atoms with Crippen LogP contribution in [0.5, 0.6) is 5.75 Å². The van der Waals surface area contributed by atoms with E-state index in [0.29, 0.717) is 114 Å². The topological polar surface area (TPSA) is 387 Å².